The fourth-order valence-corrected chi connectivity index (χ4v) is 2.77. The molecule has 0 bridgehead atoms. The van der Waals surface area contributed by atoms with Gasteiger partial charge in [0, 0.05) is 16.2 Å². The third-order valence-corrected chi connectivity index (χ3v) is 3.95. The van der Waals surface area contributed by atoms with Crippen LogP contribution in [0.2, 0.25) is 0 Å². The van der Waals surface area contributed by atoms with Crippen molar-refractivity contribution in [2.24, 2.45) is 0 Å². The second kappa shape index (κ2) is 5.39. The first-order valence-electron chi connectivity index (χ1n) is 6.42. The number of nitrogens with zero attached hydrogens (tertiary/aromatic N) is 3. The van der Waals surface area contributed by atoms with Crippen molar-refractivity contribution in [2.75, 3.05) is 0 Å². The number of halogens is 3. The van der Waals surface area contributed by atoms with Crippen molar-refractivity contribution in [2.45, 2.75) is 19.2 Å². The van der Waals surface area contributed by atoms with E-state index in [0.717, 1.165) is 9.99 Å². The molecule has 108 valence electrons. The van der Waals surface area contributed by atoms with Crippen LogP contribution in [0.4, 0.5) is 4.39 Å². The summed E-state index contributed by atoms with van der Waals surface area (Å²) in [6.07, 6.45) is 1.69. The molecule has 6 heteroatoms. The van der Waals surface area contributed by atoms with E-state index in [9.17, 15) is 4.39 Å². The van der Waals surface area contributed by atoms with Crippen LogP contribution in [0.3, 0.4) is 0 Å². The van der Waals surface area contributed by atoms with Gasteiger partial charge in [0.05, 0.1) is 11.1 Å². The number of alkyl halides is 1. The number of hydrogen-bond donors (Lipinski definition) is 0. The number of rotatable bonds is 2. The third kappa shape index (κ3) is 2.45. The molecule has 2 heterocycles. The molecular formula is C15H12BrClFN3. The van der Waals surface area contributed by atoms with Crippen molar-refractivity contribution in [1.82, 2.24) is 14.5 Å². The zero-order chi connectivity index (χ0) is 15.1. The minimum Gasteiger partial charge on any atom is -0.279 e. The van der Waals surface area contributed by atoms with Gasteiger partial charge in [-0.15, -0.1) is 11.6 Å². The Morgan fingerprint density at radius 2 is 2.14 bits per heavy atom. The maximum atomic E-state index is 13.9. The van der Waals surface area contributed by atoms with E-state index < -0.39 is 0 Å². The molecule has 0 aliphatic carbocycles. The molecule has 0 aliphatic heterocycles. The predicted octanol–water partition coefficient (Wildman–Crippen LogP) is 4.93. The van der Waals surface area contributed by atoms with Crippen LogP contribution in [-0.4, -0.2) is 14.5 Å². The zero-order valence-corrected chi connectivity index (χ0v) is 13.8. The summed E-state index contributed by atoms with van der Waals surface area (Å²) in [6, 6.07) is 6.82. The van der Waals surface area contributed by atoms with Gasteiger partial charge in [0.2, 0.25) is 0 Å². The number of aromatic nitrogens is 3. The Morgan fingerprint density at radius 3 is 2.86 bits per heavy atom. The van der Waals surface area contributed by atoms with E-state index in [0.29, 0.717) is 22.7 Å². The largest absolute Gasteiger partial charge is 0.279 e. The van der Waals surface area contributed by atoms with Gasteiger partial charge >= 0.3 is 0 Å². The minimum absolute atomic E-state index is 0.264. The lowest BCUT2D eigenvalue weighted by Gasteiger charge is -2.13. The average molecular weight is 369 g/mol. The maximum Gasteiger partial charge on any atom is 0.164 e. The molecule has 0 saturated carbocycles. The van der Waals surface area contributed by atoms with Gasteiger partial charge in [-0.25, -0.2) is 14.4 Å². The first-order chi connectivity index (χ1) is 9.99. The van der Waals surface area contributed by atoms with E-state index in [1.807, 2.05) is 23.6 Å². The lowest BCUT2D eigenvalue weighted by Crippen LogP contribution is -2.05. The SMILES string of the molecule is Cc1c(F)cccc1-n1c(C(C)Cl)nc2cc(Br)cnc21. The third-order valence-electron chi connectivity index (χ3n) is 3.33. The Bertz CT molecular complexity index is 829. The van der Waals surface area contributed by atoms with E-state index in [2.05, 4.69) is 25.9 Å². The average Bonchev–Trinajstić information content (AvgIpc) is 2.80. The smallest absolute Gasteiger partial charge is 0.164 e. The molecule has 0 fully saturated rings. The molecule has 3 rings (SSSR count). The van der Waals surface area contributed by atoms with Crippen molar-refractivity contribution < 1.29 is 4.39 Å². The summed E-state index contributed by atoms with van der Waals surface area (Å²) in [5.74, 6) is 0.380. The molecule has 3 aromatic rings. The molecule has 2 aromatic heterocycles. The molecule has 0 N–H and O–H groups in total. The van der Waals surface area contributed by atoms with Gasteiger partial charge in [0.15, 0.2) is 5.65 Å². The monoisotopic (exact) mass is 367 g/mol. The van der Waals surface area contributed by atoms with Crippen molar-refractivity contribution in [1.29, 1.82) is 0 Å². The van der Waals surface area contributed by atoms with Crippen molar-refractivity contribution in [3.63, 3.8) is 0 Å². The number of imidazole rings is 1. The zero-order valence-electron chi connectivity index (χ0n) is 11.4. The van der Waals surface area contributed by atoms with Gasteiger partial charge < -0.3 is 0 Å². The topological polar surface area (TPSA) is 30.7 Å². The van der Waals surface area contributed by atoms with Gasteiger partial charge in [0.1, 0.15) is 17.2 Å². The molecule has 0 radical (unpaired) electrons. The summed E-state index contributed by atoms with van der Waals surface area (Å²) in [5.41, 5.74) is 2.62. The van der Waals surface area contributed by atoms with E-state index in [4.69, 9.17) is 11.6 Å². The fourth-order valence-electron chi connectivity index (χ4n) is 2.30. The maximum absolute atomic E-state index is 13.9. The molecule has 0 aliphatic rings. The van der Waals surface area contributed by atoms with Gasteiger partial charge in [0.25, 0.3) is 0 Å². The quantitative estimate of drug-likeness (QED) is 0.600. The molecule has 1 unspecified atom stereocenters. The molecule has 0 saturated heterocycles. The summed E-state index contributed by atoms with van der Waals surface area (Å²) in [4.78, 5) is 8.94. The number of fused-ring (bicyclic) bond motifs is 1. The second-order valence-corrected chi connectivity index (χ2v) is 6.37. The van der Waals surface area contributed by atoms with Crippen LogP contribution in [0.15, 0.2) is 34.9 Å². The Balaban J connectivity index is 2.39. The van der Waals surface area contributed by atoms with Crippen LogP contribution in [0.5, 0.6) is 0 Å². The number of hydrogen-bond acceptors (Lipinski definition) is 2. The molecular weight excluding hydrogens is 357 g/mol. The normalized spacial score (nSPS) is 12.8. The Morgan fingerprint density at radius 1 is 1.38 bits per heavy atom. The second-order valence-electron chi connectivity index (χ2n) is 4.80. The van der Waals surface area contributed by atoms with E-state index in [-0.39, 0.29) is 11.2 Å². The Kier molecular flexibility index (Phi) is 3.71. The summed E-state index contributed by atoms with van der Waals surface area (Å²) in [6.45, 7) is 3.57. The Hall–Kier alpha value is -1.46. The van der Waals surface area contributed by atoms with Crippen LogP contribution in [0.25, 0.3) is 16.9 Å². The predicted molar refractivity (Wildman–Crippen MR) is 85.5 cm³/mol. The van der Waals surface area contributed by atoms with Crippen LogP contribution in [-0.2, 0) is 0 Å². The number of pyridine rings is 1. The molecule has 1 atom stereocenters. The van der Waals surface area contributed by atoms with Gasteiger partial charge in [-0.05, 0) is 48.0 Å². The van der Waals surface area contributed by atoms with Crippen molar-refractivity contribution >= 4 is 38.7 Å². The van der Waals surface area contributed by atoms with Gasteiger partial charge in [-0.1, -0.05) is 6.07 Å². The van der Waals surface area contributed by atoms with Crippen molar-refractivity contribution in [3.05, 3.63) is 52.1 Å². The molecule has 0 amide bonds. The van der Waals surface area contributed by atoms with E-state index >= 15 is 0 Å². The highest BCUT2D eigenvalue weighted by molar-refractivity contribution is 9.10. The fraction of sp³-hybridized carbons (Fsp3) is 0.200. The van der Waals surface area contributed by atoms with Crippen LogP contribution < -0.4 is 0 Å². The standard InChI is InChI=1S/C15H12BrClFN3/c1-8-11(18)4-3-5-13(8)21-14(9(2)17)20-12-6-10(16)7-19-15(12)21/h3-7,9H,1-2H3. The van der Waals surface area contributed by atoms with Crippen molar-refractivity contribution in [3.8, 4) is 5.69 Å². The van der Waals surface area contributed by atoms with Crippen LogP contribution >= 0.6 is 27.5 Å². The molecule has 3 nitrogen and oxygen atoms in total. The van der Waals surface area contributed by atoms with Crippen LogP contribution in [0.1, 0.15) is 23.7 Å². The lowest BCUT2D eigenvalue weighted by atomic mass is 10.2. The highest BCUT2D eigenvalue weighted by atomic mass is 79.9. The first kappa shape index (κ1) is 14.5. The number of benzene rings is 1. The molecule has 0 spiro atoms. The highest BCUT2D eigenvalue weighted by Gasteiger charge is 2.19. The summed E-state index contributed by atoms with van der Waals surface area (Å²) >= 11 is 9.63. The molecule has 1 aromatic carbocycles. The highest BCUT2D eigenvalue weighted by Crippen LogP contribution is 2.30. The lowest BCUT2D eigenvalue weighted by molar-refractivity contribution is 0.616. The Labute approximate surface area is 134 Å². The van der Waals surface area contributed by atoms with Gasteiger partial charge in [-0.3, -0.25) is 4.57 Å². The summed E-state index contributed by atoms with van der Waals surface area (Å²) in [5, 5.41) is -0.319. The van der Waals surface area contributed by atoms with Crippen LogP contribution in [0, 0.1) is 12.7 Å². The van der Waals surface area contributed by atoms with Gasteiger partial charge in [-0.2, -0.15) is 0 Å². The molecule has 21 heavy (non-hydrogen) atoms. The van der Waals surface area contributed by atoms with E-state index in [1.165, 1.54) is 6.07 Å². The minimum atomic E-state index is -0.319. The summed E-state index contributed by atoms with van der Waals surface area (Å²) < 4.78 is 16.5. The summed E-state index contributed by atoms with van der Waals surface area (Å²) in [7, 11) is 0. The first-order valence-corrected chi connectivity index (χ1v) is 7.65. The van der Waals surface area contributed by atoms with E-state index in [1.54, 1.807) is 19.2 Å².